The molecule has 3 aliphatic rings. The maximum absolute atomic E-state index is 13.4. The van der Waals surface area contributed by atoms with Gasteiger partial charge in [0.05, 0.1) is 5.41 Å². The highest BCUT2D eigenvalue weighted by Crippen LogP contribution is 2.51. The summed E-state index contributed by atoms with van der Waals surface area (Å²) >= 11 is 0. The number of rotatable bonds is 4. The minimum atomic E-state index is -0.331. The lowest BCUT2D eigenvalue weighted by Gasteiger charge is -2.35. The summed E-state index contributed by atoms with van der Waals surface area (Å²) in [5.74, 6) is 2.56. The highest BCUT2D eigenvalue weighted by atomic mass is 16.6. The molecule has 0 N–H and O–H groups in total. The van der Waals surface area contributed by atoms with E-state index in [9.17, 15) is 4.79 Å². The molecule has 0 bridgehead atoms. The summed E-state index contributed by atoms with van der Waals surface area (Å²) in [6.45, 7) is 2.92. The molecule has 0 spiro atoms. The van der Waals surface area contributed by atoms with Gasteiger partial charge in [0.1, 0.15) is 13.2 Å². The van der Waals surface area contributed by atoms with Crippen LogP contribution >= 0.6 is 0 Å². The third kappa shape index (κ3) is 3.25. The molecule has 146 valence electrons. The van der Waals surface area contributed by atoms with Crippen LogP contribution in [0.2, 0.25) is 0 Å². The fourth-order valence-electron chi connectivity index (χ4n) is 4.68. The van der Waals surface area contributed by atoms with Crippen LogP contribution in [0.3, 0.4) is 0 Å². The normalized spacial score (nSPS) is 20.6. The fourth-order valence-corrected chi connectivity index (χ4v) is 4.68. The molecule has 2 aromatic carbocycles. The maximum Gasteiger partial charge on any atom is 0.233 e. The summed E-state index contributed by atoms with van der Waals surface area (Å²) in [7, 11) is 0. The van der Waals surface area contributed by atoms with E-state index in [1.807, 2.05) is 12.1 Å². The van der Waals surface area contributed by atoms with Crippen molar-refractivity contribution in [2.45, 2.75) is 37.5 Å². The van der Waals surface area contributed by atoms with Crippen LogP contribution in [0.5, 0.6) is 11.5 Å². The Balaban J connectivity index is 1.24. The van der Waals surface area contributed by atoms with Crippen molar-refractivity contribution in [3.8, 4) is 11.5 Å². The summed E-state index contributed by atoms with van der Waals surface area (Å²) in [6.07, 6.45) is 5.19. The van der Waals surface area contributed by atoms with Gasteiger partial charge in [0.25, 0.3) is 0 Å². The molecule has 2 fully saturated rings. The van der Waals surface area contributed by atoms with Crippen LogP contribution in [0.4, 0.5) is 0 Å². The van der Waals surface area contributed by atoms with Crippen LogP contribution in [-0.4, -0.2) is 37.1 Å². The molecule has 2 heterocycles. The molecular weight excluding hydrogens is 350 g/mol. The SMILES string of the molecule is O=C(N1CCC(Cc2ccccc2)CC1)C1(c2ccc3c(c2)OCCO3)CC1. The molecule has 4 heteroatoms. The first-order chi connectivity index (χ1) is 13.7. The van der Waals surface area contributed by atoms with Crippen LogP contribution in [0.1, 0.15) is 36.8 Å². The summed E-state index contributed by atoms with van der Waals surface area (Å²) < 4.78 is 11.4. The minimum absolute atomic E-state index is 0.308. The Morgan fingerprint density at radius 3 is 2.39 bits per heavy atom. The van der Waals surface area contributed by atoms with Gasteiger partial charge in [-0.25, -0.2) is 0 Å². The van der Waals surface area contributed by atoms with E-state index in [1.165, 1.54) is 5.56 Å². The molecule has 0 radical (unpaired) electrons. The molecule has 2 aliphatic heterocycles. The molecule has 1 amide bonds. The van der Waals surface area contributed by atoms with Gasteiger partial charge in [-0.2, -0.15) is 0 Å². The van der Waals surface area contributed by atoms with E-state index >= 15 is 0 Å². The quantitative estimate of drug-likeness (QED) is 0.809. The van der Waals surface area contributed by atoms with Crippen molar-refractivity contribution in [3.63, 3.8) is 0 Å². The first kappa shape index (κ1) is 17.6. The fraction of sp³-hybridized carbons (Fsp3) is 0.458. The molecule has 1 saturated carbocycles. The molecule has 0 unspecified atom stereocenters. The zero-order valence-electron chi connectivity index (χ0n) is 16.2. The van der Waals surface area contributed by atoms with Crippen LogP contribution in [-0.2, 0) is 16.6 Å². The van der Waals surface area contributed by atoms with Gasteiger partial charge in [0.15, 0.2) is 11.5 Å². The monoisotopic (exact) mass is 377 g/mol. The number of piperidine rings is 1. The third-order valence-electron chi connectivity index (χ3n) is 6.52. The first-order valence-corrected chi connectivity index (χ1v) is 10.5. The predicted octanol–water partition coefficient (Wildman–Crippen LogP) is 3.97. The van der Waals surface area contributed by atoms with Gasteiger partial charge in [-0.05, 0) is 61.3 Å². The number of amides is 1. The number of likely N-dealkylation sites (tertiary alicyclic amines) is 1. The van der Waals surface area contributed by atoms with E-state index in [0.29, 0.717) is 25.0 Å². The van der Waals surface area contributed by atoms with Gasteiger partial charge in [-0.1, -0.05) is 36.4 Å². The second-order valence-electron chi connectivity index (χ2n) is 8.37. The molecule has 5 rings (SSSR count). The van der Waals surface area contributed by atoms with Gasteiger partial charge in [0.2, 0.25) is 5.91 Å². The lowest BCUT2D eigenvalue weighted by atomic mass is 9.88. The van der Waals surface area contributed by atoms with E-state index in [-0.39, 0.29) is 5.41 Å². The van der Waals surface area contributed by atoms with Gasteiger partial charge >= 0.3 is 0 Å². The molecule has 4 nitrogen and oxygen atoms in total. The lowest BCUT2D eigenvalue weighted by molar-refractivity contribution is -0.135. The van der Waals surface area contributed by atoms with Crippen molar-refractivity contribution in [1.82, 2.24) is 4.90 Å². The van der Waals surface area contributed by atoms with E-state index in [4.69, 9.17) is 9.47 Å². The van der Waals surface area contributed by atoms with Crippen LogP contribution in [0.25, 0.3) is 0 Å². The predicted molar refractivity (Wildman–Crippen MR) is 108 cm³/mol. The summed E-state index contributed by atoms with van der Waals surface area (Å²) in [5, 5.41) is 0. The molecular formula is C24H27NO3. The van der Waals surface area contributed by atoms with E-state index in [2.05, 4.69) is 41.3 Å². The number of nitrogens with zero attached hydrogens (tertiary/aromatic N) is 1. The number of fused-ring (bicyclic) bond motifs is 1. The Kier molecular flexibility index (Phi) is 4.50. The second-order valence-corrected chi connectivity index (χ2v) is 8.37. The second kappa shape index (κ2) is 7.16. The number of hydrogen-bond acceptors (Lipinski definition) is 3. The van der Waals surface area contributed by atoms with Crippen LogP contribution in [0.15, 0.2) is 48.5 Å². The molecule has 0 atom stereocenters. The standard InChI is InChI=1S/C24H27NO3/c26-23(25-12-8-19(9-13-25)16-18-4-2-1-3-5-18)24(10-11-24)20-6-7-21-22(17-20)28-15-14-27-21/h1-7,17,19H,8-16H2. The molecule has 28 heavy (non-hydrogen) atoms. The van der Waals surface area contributed by atoms with Crippen molar-refractivity contribution in [3.05, 3.63) is 59.7 Å². The average Bonchev–Trinajstić information content (AvgIpc) is 3.56. The van der Waals surface area contributed by atoms with Crippen molar-refractivity contribution in [1.29, 1.82) is 0 Å². The number of ether oxygens (including phenoxy) is 2. The van der Waals surface area contributed by atoms with Crippen molar-refractivity contribution >= 4 is 5.91 Å². The third-order valence-corrected chi connectivity index (χ3v) is 6.52. The zero-order valence-corrected chi connectivity index (χ0v) is 16.2. The Labute approximate surface area is 166 Å². The Bertz CT molecular complexity index is 851. The first-order valence-electron chi connectivity index (χ1n) is 10.5. The van der Waals surface area contributed by atoms with E-state index < -0.39 is 0 Å². The van der Waals surface area contributed by atoms with Crippen LogP contribution < -0.4 is 9.47 Å². The largest absolute Gasteiger partial charge is 0.486 e. The van der Waals surface area contributed by atoms with Crippen LogP contribution in [0, 0.1) is 5.92 Å². The topological polar surface area (TPSA) is 38.8 Å². The molecule has 1 aliphatic carbocycles. The van der Waals surface area contributed by atoms with Crippen molar-refractivity contribution in [2.24, 2.45) is 5.92 Å². The smallest absolute Gasteiger partial charge is 0.233 e. The average molecular weight is 377 g/mol. The lowest BCUT2D eigenvalue weighted by Crippen LogP contribution is -2.44. The maximum atomic E-state index is 13.4. The van der Waals surface area contributed by atoms with E-state index in [0.717, 1.165) is 62.3 Å². The molecule has 2 aromatic rings. The number of carbonyl (C=O) groups is 1. The highest BCUT2D eigenvalue weighted by Gasteiger charge is 2.53. The Hall–Kier alpha value is -2.49. The number of benzene rings is 2. The minimum Gasteiger partial charge on any atom is -0.486 e. The molecule has 1 saturated heterocycles. The summed E-state index contributed by atoms with van der Waals surface area (Å²) in [4.78, 5) is 15.5. The molecule has 0 aromatic heterocycles. The summed E-state index contributed by atoms with van der Waals surface area (Å²) in [5.41, 5.74) is 2.16. The number of carbonyl (C=O) groups excluding carboxylic acids is 1. The summed E-state index contributed by atoms with van der Waals surface area (Å²) in [6, 6.07) is 16.7. The van der Waals surface area contributed by atoms with Crippen molar-refractivity contribution in [2.75, 3.05) is 26.3 Å². The van der Waals surface area contributed by atoms with Gasteiger partial charge in [-0.3, -0.25) is 4.79 Å². The van der Waals surface area contributed by atoms with Crippen molar-refractivity contribution < 1.29 is 14.3 Å². The van der Waals surface area contributed by atoms with Gasteiger partial charge < -0.3 is 14.4 Å². The van der Waals surface area contributed by atoms with E-state index in [1.54, 1.807) is 0 Å². The zero-order chi connectivity index (χ0) is 19.0. The Morgan fingerprint density at radius 1 is 0.964 bits per heavy atom. The number of hydrogen-bond donors (Lipinski definition) is 0. The highest BCUT2D eigenvalue weighted by molar-refractivity contribution is 5.91. The Morgan fingerprint density at radius 2 is 1.68 bits per heavy atom. The van der Waals surface area contributed by atoms with Gasteiger partial charge in [0, 0.05) is 13.1 Å². The van der Waals surface area contributed by atoms with Gasteiger partial charge in [-0.15, -0.1) is 0 Å².